The van der Waals surface area contributed by atoms with E-state index in [0.29, 0.717) is 0 Å². The van der Waals surface area contributed by atoms with Gasteiger partial charge in [-0.2, -0.15) is 0 Å². The average molecular weight is 342 g/mol. The lowest BCUT2D eigenvalue weighted by molar-refractivity contribution is 0.199. The molecule has 0 saturated carbocycles. The van der Waals surface area contributed by atoms with E-state index in [4.69, 9.17) is 4.74 Å². The van der Waals surface area contributed by atoms with Crippen molar-refractivity contribution in [3.8, 4) is 0 Å². The number of hydrogen-bond donors (Lipinski definition) is 2. The van der Waals surface area contributed by atoms with E-state index < -0.39 is 0 Å². The van der Waals surface area contributed by atoms with E-state index in [-0.39, 0.29) is 0 Å². The number of aromatic amines is 1. The first-order valence-electron chi connectivity index (χ1n) is 5.95. The highest BCUT2D eigenvalue weighted by Crippen LogP contribution is 2.32. The second-order valence-electron chi connectivity index (χ2n) is 3.93. The molecule has 0 unspecified atom stereocenters. The molecule has 2 aromatic rings. The lowest BCUT2D eigenvalue weighted by atomic mass is 10.2. The number of halogens is 1. The summed E-state index contributed by atoms with van der Waals surface area (Å²) >= 11 is 5.21. The number of H-pyrrole nitrogens is 1. The summed E-state index contributed by atoms with van der Waals surface area (Å²) in [5, 5.41) is 4.22. The van der Waals surface area contributed by atoms with Crippen LogP contribution in [0.4, 0.5) is 0 Å². The van der Waals surface area contributed by atoms with Crippen molar-refractivity contribution in [3.05, 3.63) is 40.6 Å². The van der Waals surface area contributed by atoms with Crippen molar-refractivity contribution in [1.29, 1.82) is 0 Å². The molecule has 0 radical (unpaired) electrons. The lowest BCUT2D eigenvalue weighted by Crippen LogP contribution is -2.18. The first kappa shape index (κ1) is 14.6. The molecule has 1 aromatic heterocycles. The van der Waals surface area contributed by atoms with Gasteiger partial charge in [-0.05, 0) is 33.6 Å². The first-order valence-corrected chi connectivity index (χ1v) is 7.56. The summed E-state index contributed by atoms with van der Waals surface area (Å²) in [6.07, 6.45) is 3.58. The van der Waals surface area contributed by atoms with Crippen LogP contribution in [-0.2, 0) is 11.3 Å². The standard InChI is InChI=1S/C13H16BrN3OS/c1-18-7-6-15-9-10-2-3-12(11(14)8-10)19-13-16-4-5-17-13/h2-5,8,15H,6-7,9H2,1H3,(H,16,17). The van der Waals surface area contributed by atoms with Crippen LogP contribution in [-0.4, -0.2) is 30.2 Å². The van der Waals surface area contributed by atoms with Gasteiger partial charge in [0.25, 0.3) is 0 Å². The summed E-state index contributed by atoms with van der Waals surface area (Å²) in [4.78, 5) is 8.43. The zero-order valence-electron chi connectivity index (χ0n) is 10.6. The molecule has 0 aliphatic carbocycles. The molecule has 0 saturated heterocycles. The summed E-state index contributed by atoms with van der Waals surface area (Å²) < 4.78 is 6.08. The predicted molar refractivity (Wildman–Crippen MR) is 80.4 cm³/mol. The largest absolute Gasteiger partial charge is 0.383 e. The zero-order chi connectivity index (χ0) is 13.5. The second kappa shape index (κ2) is 7.69. The maximum absolute atomic E-state index is 5.00. The second-order valence-corrected chi connectivity index (χ2v) is 5.82. The van der Waals surface area contributed by atoms with Crippen LogP contribution < -0.4 is 5.32 Å². The third-order valence-electron chi connectivity index (χ3n) is 2.49. The summed E-state index contributed by atoms with van der Waals surface area (Å²) in [5.74, 6) is 0. The minimum Gasteiger partial charge on any atom is -0.383 e. The van der Waals surface area contributed by atoms with Crippen LogP contribution in [0.5, 0.6) is 0 Å². The van der Waals surface area contributed by atoms with Crippen LogP contribution in [0.25, 0.3) is 0 Å². The Bertz CT molecular complexity index is 505. The molecule has 1 aromatic carbocycles. The third-order valence-corrected chi connectivity index (χ3v) is 4.40. The van der Waals surface area contributed by atoms with E-state index in [0.717, 1.165) is 34.2 Å². The van der Waals surface area contributed by atoms with E-state index in [1.54, 1.807) is 25.1 Å². The monoisotopic (exact) mass is 341 g/mol. The van der Waals surface area contributed by atoms with Crippen LogP contribution in [0.3, 0.4) is 0 Å². The highest BCUT2D eigenvalue weighted by atomic mass is 79.9. The Balaban J connectivity index is 1.93. The van der Waals surface area contributed by atoms with Gasteiger partial charge in [-0.15, -0.1) is 0 Å². The van der Waals surface area contributed by atoms with Crippen molar-refractivity contribution < 1.29 is 4.74 Å². The number of imidazole rings is 1. The molecule has 2 rings (SSSR count). The summed E-state index contributed by atoms with van der Waals surface area (Å²) in [5.41, 5.74) is 1.24. The highest BCUT2D eigenvalue weighted by molar-refractivity contribution is 9.10. The number of nitrogens with one attached hydrogen (secondary N) is 2. The third kappa shape index (κ3) is 4.65. The maximum atomic E-state index is 5.00. The van der Waals surface area contributed by atoms with E-state index >= 15 is 0 Å². The molecule has 0 aliphatic rings. The molecule has 0 spiro atoms. The molecular formula is C13H16BrN3OS. The first-order chi connectivity index (χ1) is 9.29. The molecule has 6 heteroatoms. The van der Waals surface area contributed by atoms with Crippen molar-refractivity contribution in [3.63, 3.8) is 0 Å². The Morgan fingerprint density at radius 3 is 3.05 bits per heavy atom. The van der Waals surface area contributed by atoms with E-state index in [2.05, 4.69) is 49.4 Å². The fraction of sp³-hybridized carbons (Fsp3) is 0.308. The number of aromatic nitrogens is 2. The van der Waals surface area contributed by atoms with Gasteiger partial charge in [0.2, 0.25) is 0 Å². The van der Waals surface area contributed by atoms with Gasteiger partial charge in [0.1, 0.15) is 0 Å². The van der Waals surface area contributed by atoms with Gasteiger partial charge < -0.3 is 15.0 Å². The summed E-state index contributed by atoms with van der Waals surface area (Å²) in [7, 11) is 1.71. The normalized spacial score (nSPS) is 10.8. The van der Waals surface area contributed by atoms with Crippen LogP contribution in [0, 0.1) is 0 Å². The number of benzene rings is 1. The van der Waals surface area contributed by atoms with Gasteiger partial charge in [-0.1, -0.05) is 17.8 Å². The molecule has 2 N–H and O–H groups in total. The Hall–Kier alpha value is -0.820. The summed E-state index contributed by atoms with van der Waals surface area (Å²) in [6.45, 7) is 2.43. The number of methoxy groups -OCH3 is 1. The SMILES string of the molecule is COCCNCc1ccc(Sc2ncc[nH]2)c(Br)c1. The van der Waals surface area contributed by atoms with Crippen molar-refractivity contribution in [2.45, 2.75) is 16.6 Å². The van der Waals surface area contributed by atoms with Gasteiger partial charge in [0, 0.05) is 42.0 Å². The highest BCUT2D eigenvalue weighted by Gasteiger charge is 2.05. The molecule has 102 valence electrons. The fourth-order valence-corrected chi connectivity index (χ4v) is 2.97. The van der Waals surface area contributed by atoms with E-state index in [1.807, 2.05) is 6.20 Å². The maximum Gasteiger partial charge on any atom is 0.170 e. The van der Waals surface area contributed by atoms with Crippen LogP contribution in [0.1, 0.15) is 5.56 Å². The Labute approximate surface area is 125 Å². The van der Waals surface area contributed by atoms with Gasteiger partial charge in [-0.25, -0.2) is 4.98 Å². The zero-order valence-corrected chi connectivity index (χ0v) is 13.1. The summed E-state index contributed by atoms with van der Waals surface area (Å²) in [6, 6.07) is 6.35. The Morgan fingerprint density at radius 1 is 1.47 bits per heavy atom. The van der Waals surface area contributed by atoms with Crippen molar-refractivity contribution in [2.75, 3.05) is 20.3 Å². The van der Waals surface area contributed by atoms with Crippen LogP contribution in [0.2, 0.25) is 0 Å². The van der Waals surface area contributed by atoms with Crippen molar-refractivity contribution in [1.82, 2.24) is 15.3 Å². The van der Waals surface area contributed by atoms with E-state index in [9.17, 15) is 0 Å². The number of hydrogen-bond acceptors (Lipinski definition) is 4. The van der Waals surface area contributed by atoms with Crippen molar-refractivity contribution in [2.24, 2.45) is 0 Å². The minimum atomic E-state index is 0.730. The molecular weight excluding hydrogens is 326 g/mol. The Kier molecular flexibility index (Phi) is 5.91. The van der Waals surface area contributed by atoms with Gasteiger partial charge >= 0.3 is 0 Å². The average Bonchev–Trinajstić information content (AvgIpc) is 2.91. The number of ether oxygens (including phenoxy) is 1. The number of rotatable bonds is 7. The van der Waals surface area contributed by atoms with Crippen LogP contribution in [0.15, 0.2) is 45.1 Å². The molecule has 0 bridgehead atoms. The van der Waals surface area contributed by atoms with Gasteiger partial charge in [-0.3, -0.25) is 0 Å². The minimum absolute atomic E-state index is 0.730. The van der Waals surface area contributed by atoms with Gasteiger partial charge in [0.15, 0.2) is 5.16 Å². The molecule has 1 heterocycles. The predicted octanol–water partition coefficient (Wildman–Crippen LogP) is 3.06. The molecule has 19 heavy (non-hydrogen) atoms. The smallest absolute Gasteiger partial charge is 0.170 e. The lowest BCUT2D eigenvalue weighted by Gasteiger charge is -2.07. The van der Waals surface area contributed by atoms with Crippen LogP contribution >= 0.6 is 27.7 Å². The molecule has 0 fully saturated rings. The molecule has 0 amide bonds. The van der Waals surface area contributed by atoms with Gasteiger partial charge in [0.05, 0.1) is 6.61 Å². The van der Waals surface area contributed by atoms with Crippen molar-refractivity contribution >= 4 is 27.7 Å². The molecule has 0 atom stereocenters. The Morgan fingerprint density at radius 2 is 2.37 bits per heavy atom. The number of nitrogens with zero attached hydrogens (tertiary/aromatic N) is 1. The topological polar surface area (TPSA) is 49.9 Å². The fourth-order valence-electron chi connectivity index (χ4n) is 1.55. The quantitative estimate of drug-likeness (QED) is 0.760. The molecule has 0 aliphatic heterocycles. The van der Waals surface area contributed by atoms with E-state index in [1.165, 1.54) is 5.56 Å². The molecule has 4 nitrogen and oxygen atoms in total.